The van der Waals surface area contributed by atoms with Crippen LogP contribution >= 0.6 is 0 Å². The van der Waals surface area contributed by atoms with E-state index in [1.165, 1.54) is 0 Å². The first-order valence-corrected chi connectivity index (χ1v) is 7.00. The van der Waals surface area contributed by atoms with Gasteiger partial charge in [-0.3, -0.25) is 9.59 Å². The molecule has 22 heavy (non-hydrogen) atoms. The second kappa shape index (κ2) is 7.09. The van der Waals surface area contributed by atoms with Gasteiger partial charge in [0.25, 0.3) is 5.91 Å². The SMILES string of the molecule is C=CCOc1ccc(C(=O)NC2(CC(=O)O)CCOC2)cc1. The minimum Gasteiger partial charge on any atom is -0.490 e. The van der Waals surface area contributed by atoms with Crippen LogP contribution in [0.15, 0.2) is 36.9 Å². The largest absolute Gasteiger partial charge is 0.490 e. The van der Waals surface area contributed by atoms with Gasteiger partial charge in [-0.1, -0.05) is 12.7 Å². The Balaban J connectivity index is 2.03. The van der Waals surface area contributed by atoms with Crippen LogP contribution in [0.25, 0.3) is 0 Å². The Hall–Kier alpha value is -2.34. The van der Waals surface area contributed by atoms with Gasteiger partial charge in [0.2, 0.25) is 0 Å². The van der Waals surface area contributed by atoms with Crippen molar-refractivity contribution in [3.05, 3.63) is 42.5 Å². The number of carboxylic acid groups (broad SMARTS) is 1. The highest BCUT2D eigenvalue weighted by Crippen LogP contribution is 2.23. The predicted octanol–water partition coefficient (Wildman–Crippen LogP) is 1.61. The maximum absolute atomic E-state index is 12.3. The molecule has 1 aromatic carbocycles. The van der Waals surface area contributed by atoms with E-state index in [9.17, 15) is 9.59 Å². The molecule has 1 atom stereocenters. The Morgan fingerprint density at radius 3 is 2.68 bits per heavy atom. The molecule has 2 rings (SSSR count). The summed E-state index contributed by atoms with van der Waals surface area (Å²) in [5, 5.41) is 11.8. The van der Waals surface area contributed by atoms with E-state index in [1.807, 2.05) is 0 Å². The third-order valence-electron chi connectivity index (χ3n) is 3.46. The Morgan fingerprint density at radius 1 is 1.41 bits per heavy atom. The van der Waals surface area contributed by atoms with E-state index in [4.69, 9.17) is 14.6 Å². The van der Waals surface area contributed by atoms with Gasteiger partial charge in [0.15, 0.2) is 0 Å². The number of benzene rings is 1. The Kier molecular flexibility index (Phi) is 5.16. The fourth-order valence-corrected chi connectivity index (χ4v) is 2.35. The fraction of sp³-hybridized carbons (Fsp3) is 0.375. The van der Waals surface area contributed by atoms with Crippen LogP contribution in [0.3, 0.4) is 0 Å². The summed E-state index contributed by atoms with van der Waals surface area (Å²) in [4.78, 5) is 23.3. The number of carboxylic acids is 1. The number of amides is 1. The van der Waals surface area contributed by atoms with Crippen LogP contribution < -0.4 is 10.1 Å². The molecule has 1 amide bonds. The second-order valence-corrected chi connectivity index (χ2v) is 5.23. The third kappa shape index (κ3) is 4.08. The first-order valence-electron chi connectivity index (χ1n) is 7.00. The summed E-state index contributed by atoms with van der Waals surface area (Å²) in [6.45, 7) is 4.61. The van der Waals surface area contributed by atoms with Crippen LogP contribution in [-0.2, 0) is 9.53 Å². The molecule has 1 unspecified atom stereocenters. The highest BCUT2D eigenvalue weighted by atomic mass is 16.5. The van der Waals surface area contributed by atoms with E-state index < -0.39 is 11.5 Å². The molecule has 0 spiro atoms. The lowest BCUT2D eigenvalue weighted by Crippen LogP contribution is -2.50. The van der Waals surface area contributed by atoms with Crippen LogP contribution in [0.4, 0.5) is 0 Å². The summed E-state index contributed by atoms with van der Waals surface area (Å²) in [6.07, 6.45) is 1.97. The highest BCUT2D eigenvalue weighted by Gasteiger charge is 2.38. The summed E-state index contributed by atoms with van der Waals surface area (Å²) in [5.41, 5.74) is -0.386. The van der Waals surface area contributed by atoms with Crippen molar-refractivity contribution < 1.29 is 24.2 Å². The molecule has 0 radical (unpaired) electrons. The van der Waals surface area contributed by atoms with Gasteiger partial charge < -0.3 is 19.9 Å². The summed E-state index contributed by atoms with van der Waals surface area (Å²) < 4.78 is 10.6. The Labute approximate surface area is 128 Å². The molecule has 1 aromatic rings. The molecule has 0 aromatic heterocycles. The molecule has 1 fully saturated rings. The van der Waals surface area contributed by atoms with Crippen LogP contribution in [-0.4, -0.2) is 42.3 Å². The number of rotatable bonds is 7. The Morgan fingerprint density at radius 2 is 2.14 bits per heavy atom. The van der Waals surface area contributed by atoms with Crippen molar-refractivity contribution in [2.45, 2.75) is 18.4 Å². The van der Waals surface area contributed by atoms with Gasteiger partial charge in [-0.15, -0.1) is 0 Å². The summed E-state index contributed by atoms with van der Waals surface area (Å²) in [7, 11) is 0. The van der Waals surface area contributed by atoms with Crippen molar-refractivity contribution in [1.29, 1.82) is 0 Å². The molecule has 1 aliphatic heterocycles. The van der Waals surface area contributed by atoms with Gasteiger partial charge in [0, 0.05) is 12.2 Å². The maximum Gasteiger partial charge on any atom is 0.305 e. The third-order valence-corrected chi connectivity index (χ3v) is 3.46. The van der Waals surface area contributed by atoms with Gasteiger partial charge >= 0.3 is 5.97 Å². The number of hydrogen-bond donors (Lipinski definition) is 2. The quantitative estimate of drug-likeness (QED) is 0.748. The van der Waals surface area contributed by atoms with Gasteiger partial charge in [0.1, 0.15) is 12.4 Å². The average molecular weight is 305 g/mol. The standard InChI is InChI=1S/C16H19NO5/c1-2-8-22-13-5-3-12(4-6-13)15(20)17-16(10-14(18)19)7-9-21-11-16/h2-6H,1,7-11H2,(H,17,20)(H,18,19). The van der Waals surface area contributed by atoms with E-state index in [0.29, 0.717) is 30.9 Å². The molecular weight excluding hydrogens is 286 g/mol. The monoisotopic (exact) mass is 305 g/mol. The normalized spacial score (nSPS) is 20.4. The van der Waals surface area contributed by atoms with Gasteiger partial charge in [0.05, 0.1) is 18.6 Å². The molecule has 2 N–H and O–H groups in total. The van der Waals surface area contributed by atoms with E-state index >= 15 is 0 Å². The lowest BCUT2D eigenvalue weighted by Gasteiger charge is -2.27. The zero-order valence-electron chi connectivity index (χ0n) is 12.2. The smallest absolute Gasteiger partial charge is 0.305 e. The van der Waals surface area contributed by atoms with Crippen molar-refractivity contribution in [3.63, 3.8) is 0 Å². The first-order chi connectivity index (χ1) is 10.5. The first kappa shape index (κ1) is 16.0. The van der Waals surface area contributed by atoms with Crippen molar-refractivity contribution in [2.75, 3.05) is 19.8 Å². The molecule has 6 nitrogen and oxygen atoms in total. The lowest BCUT2D eigenvalue weighted by molar-refractivity contribution is -0.138. The van der Waals surface area contributed by atoms with Crippen molar-refractivity contribution in [3.8, 4) is 5.75 Å². The number of carbonyl (C=O) groups is 2. The van der Waals surface area contributed by atoms with Crippen LogP contribution in [0.5, 0.6) is 5.75 Å². The number of carbonyl (C=O) groups excluding carboxylic acids is 1. The molecule has 1 aliphatic rings. The molecule has 118 valence electrons. The second-order valence-electron chi connectivity index (χ2n) is 5.23. The number of ether oxygens (including phenoxy) is 2. The molecule has 0 bridgehead atoms. The van der Waals surface area contributed by atoms with Gasteiger partial charge in [-0.2, -0.15) is 0 Å². The van der Waals surface area contributed by atoms with Crippen molar-refractivity contribution >= 4 is 11.9 Å². The summed E-state index contributed by atoms with van der Waals surface area (Å²) in [5.74, 6) is -0.637. The summed E-state index contributed by atoms with van der Waals surface area (Å²) >= 11 is 0. The van der Waals surface area contributed by atoms with E-state index in [1.54, 1.807) is 30.3 Å². The molecule has 1 saturated heterocycles. The van der Waals surface area contributed by atoms with Gasteiger partial charge in [-0.05, 0) is 30.7 Å². The molecule has 6 heteroatoms. The van der Waals surface area contributed by atoms with E-state index in [0.717, 1.165) is 0 Å². The minimum atomic E-state index is -0.959. The van der Waals surface area contributed by atoms with Crippen molar-refractivity contribution in [1.82, 2.24) is 5.32 Å². The lowest BCUT2D eigenvalue weighted by atomic mass is 9.93. The molecular formula is C16H19NO5. The van der Waals surface area contributed by atoms with Crippen LogP contribution in [0, 0.1) is 0 Å². The zero-order valence-corrected chi connectivity index (χ0v) is 12.2. The number of hydrogen-bond acceptors (Lipinski definition) is 4. The van der Waals surface area contributed by atoms with Crippen molar-refractivity contribution in [2.24, 2.45) is 0 Å². The maximum atomic E-state index is 12.3. The Bertz CT molecular complexity index is 546. The molecule has 0 aliphatic carbocycles. The number of aliphatic carboxylic acids is 1. The number of nitrogens with one attached hydrogen (secondary N) is 1. The average Bonchev–Trinajstić information content (AvgIpc) is 2.92. The fourth-order valence-electron chi connectivity index (χ4n) is 2.35. The molecule has 0 saturated carbocycles. The molecule has 1 heterocycles. The van der Waals surface area contributed by atoms with Crippen LogP contribution in [0.1, 0.15) is 23.2 Å². The topological polar surface area (TPSA) is 84.9 Å². The van der Waals surface area contributed by atoms with E-state index in [2.05, 4.69) is 11.9 Å². The zero-order chi connectivity index (χ0) is 16.0. The minimum absolute atomic E-state index is 0.154. The van der Waals surface area contributed by atoms with E-state index in [-0.39, 0.29) is 18.9 Å². The van der Waals surface area contributed by atoms with Gasteiger partial charge in [-0.25, -0.2) is 0 Å². The van der Waals surface area contributed by atoms with Crippen LogP contribution in [0.2, 0.25) is 0 Å². The highest BCUT2D eigenvalue weighted by molar-refractivity contribution is 5.95. The summed E-state index contributed by atoms with van der Waals surface area (Å²) in [6, 6.07) is 6.65. The predicted molar refractivity (Wildman–Crippen MR) is 80.0 cm³/mol.